The molecule has 1 aliphatic heterocycles. The Hall–Kier alpha value is -2.74. The number of aromatic nitrogens is 4. The molecule has 1 fully saturated rings. The summed E-state index contributed by atoms with van der Waals surface area (Å²) in [5, 5.41) is 6.48. The fraction of sp³-hybridized carbons (Fsp3) is 0.444. The van der Waals surface area contributed by atoms with Crippen molar-refractivity contribution in [1.29, 1.82) is 0 Å². The molecular weight excluding hydrogens is 332 g/mol. The van der Waals surface area contributed by atoms with Crippen molar-refractivity contribution in [2.24, 2.45) is 0 Å². The van der Waals surface area contributed by atoms with Crippen LogP contribution in [-0.4, -0.2) is 50.7 Å². The maximum atomic E-state index is 11.8. The van der Waals surface area contributed by atoms with Crippen LogP contribution < -0.4 is 5.32 Å². The van der Waals surface area contributed by atoms with Crippen LogP contribution in [-0.2, 0) is 4.84 Å². The number of carbonyl (C=O) groups is 1. The zero-order chi connectivity index (χ0) is 18.1. The normalized spacial score (nSPS) is 18.3. The van der Waals surface area contributed by atoms with Crippen molar-refractivity contribution in [1.82, 2.24) is 30.3 Å². The third-order valence-electron chi connectivity index (χ3n) is 4.71. The lowest BCUT2D eigenvalue weighted by Crippen LogP contribution is -2.39. The molecule has 8 nitrogen and oxygen atoms in total. The van der Waals surface area contributed by atoms with Gasteiger partial charge in [-0.3, -0.25) is 0 Å². The quantitative estimate of drug-likeness (QED) is 0.751. The first-order chi connectivity index (χ1) is 12.7. The lowest BCUT2D eigenvalue weighted by atomic mass is 9.92. The molecule has 2 N–H and O–H groups in total. The first-order valence-electron chi connectivity index (χ1n) is 8.96. The molecule has 1 amide bonds. The van der Waals surface area contributed by atoms with Gasteiger partial charge in [-0.25, -0.2) is 19.7 Å². The van der Waals surface area contributed by atoms with Gasteiger partial charge >= 0.3 is 6.09 Å². The predicted octanol–water partition coefficient (Wildman–Crippen LogP) is 2.66. The van der Waals surface area contributed by atoms with Gasteiger partial charge in [-0.05, 0) is 32.8 Å². The van der Waals surface area contributed by atoms with Crippen molar-refractivity contribution in [3.8, 4) is 0 Å². The van der Waals surface area contributed by atoms with E-state index in [0.29, 0.717) is 13.1 Å². The molecule has 0 aliphatic carbocycles. The largest absolute Gasteiger partial charge is 0.426 e. The summed E-state index contributed by atoms with van der Waals surface area (Å²) in [4.78, 5) is 33.9. The molecule has 1 saturated heterocycles. The van der Waals surface area contributed by atoms with Gasteiger partial charge in [0.05, 0.1) is 11.7 Å². The summed E-state index contributed by atoms with van der Waals surface area (Å²) in [5.74, 6) is 1.05. The van der Waals surface area contributed by atoms with Crippen molar-refractivity contribution >= 4 is 28.0 Å². The Balaban J connectivity index is 1.71. The highest BCUT2D eigenvalue weighted by atomic mass is 16.7. The summed E-state index contributed by atoms with van der Waals surface area (Å²) in [7, 11) is 0. The summed E-state index contributed by atoms with van der Waals surface area (Å²) in [6, 6.07) is 1.98. The number of piperidine rings is 1. The highest BCUT2D eigenvalue weighted by Crippen LogP contribution is 2.33. The van der Waals surface area contributed by atoms with Crippen molar-refractivity contribution in [3.05, 3.63) is 30.0 Å². The van der Waals surface area contributed by atoms with Crippen LogP contribution in [0.15, 0.2) is 18.5 Å². The van der Waals surface area contributed by atoms with E-state index in [1.165, 1.54) is 0 Å². The highest BCUT2D eigenvalue weighted by molar-refractivity contribution is 6.04. The Bertz CT molecular complexity index is 953. The van der Waals surface area contributed by atoms with Crippen molar-refractivity contribution in [3.63, 3.8) is 0 Å². The highest BCUT2D eigenvalue weighted by Gasteiger charge is 2.27. The van der Waals surface area contributed by atoms with E-state index in [1.54, 1.807) is 17.5 Å². The second-order valence-electron chi connectivity index (χ2n) is 6.57. The van der Waals surface area contributed by atoms with Crippen molar-refractivity contribution < 1.29 is 9.63 Å². The van der Waals surface area contributed by atoms with E-state index < -0.39 is 6.09 Å². The van der Waals surface area contributed by atoms with E-state index in [9.17, 15) is 4.79 Å². The SMILES string of the molecule is CCNC(=O)ON1CCCC(c2[nH]c(C)nc3cnc4nccc4c23)C1. The molecule has 0 radical (unpaired) electrons. The molecular formula is C18H22N6O2. The second-order valence-corrected chi connectivity index (χ2v) is 6.57. The Kier molecular flexibility index (Phi) is 4.42. The zero-order valence-electron chi connectivity index (χ0n) is 15.0. The first-order valence-corrected chi connectivity index (χ1v) is 8.96. The molecule has 3 aromatic rings. The standard InChI is InChI=1S/C18H22N6O2/c1-3-19-18(25)26-24-8-4-5-12(10-24)16-15-13-6-7-20-17(13)21-9-14(15)22-11(2)23-16/h6-7,9,12H,3-5,8,10H2,1-2H3,(H,19,25)(H,22,23). The molecule has 4 heterocycles. The van der Waals surface area contributed by atoms with E-state index in [2.05, 4.69) is 25.3 Å². The fourth-order valence-electron chi connectivity index (χ4n) is 3.64. The number of H-pyrrole nitrogens is 1. The van der Waals surface area contributed by atoms with Gasteiger partial charge in [0, 0.05) is 48.2 Å². The Morgan fingerprint density at radius 1 is 1.46 bits per heavy atom. The molecule has 136 valence electrons. The maximum absolute atomic E-state index is 11.8. The number of amides is 1. The molecule has 8 heteroatoms. The fourth-order valence-corrected chi connectivity index (χ4v) is 3.64. The number of hydroxylamine groups is 2. The van der Waals surface area contributed by atoms with Crippen LogP contribution in [0.2, 0.25) is 0 Å². The van der Waals surface area contributed by atoms with Crippen LogP contribution >= 0.6 is 0 Å². The van der Waals surface area contributed by atoms with Crippen LogP contribution in [0.4, 0.5) is 4.79 Å². The molecule has 1 aliphatic rings. The summed E-state index contributed by atoms with van der Waals surface area (Å²) in [5.41, 5.74) is 2.69. The minimum Gasteiger partial charge on any atom is -0.351 e. The van der Waals surface area contributed by atoms with Crippen LogP contribution in [0.1, 0.15) is 37.2 Å². The number of fused-ring (bicyclic) bond motifs is 3. The van der Waals surface area contributed by atoms with Crippen molar-refractivity contribution in [2.75, 3.05) is 19.6 Å². The van der Waals surface area contributed by atoms with Crippen LogP contribution in [0, 0.1) is 6.92 Å². The van der Waals surface area contributed by atoms with E-state index >= 15 is 0 Å². The Morgan fingerprint density at radius 3 is 3.19 bits per heavy atom. The number of hydrogen-bond donors (Lipinski definition) is 2. The van der Waals surface area contributed by atoms with E-state index in [0.717, 1.165) is 52.8 Å². The van der Waals surface area contributed by atoms with E-state index in [-0.39, 0.29) is 5.92 Å². The maximum Gasteiger partial charge on any atom is 0.426 e. The number of nitrogens with one attached hydrogen (secondary N) is 2. The third kappa shape index (κ3) is 3.08. The average molecular weight is 354 g/mol. The van der Waals surface area contributed by atoms with Gasteiger partial charge in [-0.2, -0.15) is 0 Å². The summed E-state index contributed by atoms with van der Waals surface area (Å²) < 4.78 is 0. The minimum atomic E-state index is -0.403. The predicted molar refractivity (Wildman–Crippen MR) is 97.6 cm³/mol. The molecule has 1 unspecified atom stereocenters. The van der Waals surface area contributed by atoms with Gasteiger partial charge in [0.15, 0.2) is 5.65 Å². The number of pyridine rings is 1. The third-order valence-corrected chi connectivity index (χ3v) is 4.71. The smallest absolute Gasteiger partial charge is 0.351 e. The zero-order valence-corrected chi connectivity index (χ0v) is 15.0. The van der Waals surface area contributed by atoms with Crippen LogP contribution in [0.5, 0.6) is 0 Å². The number of carbonyl (C=O) groups excluding carboxylic acids is 1. The Morgan fingerprint density at radius 2 is 2.35 bits per heavy atom. The molecule has 26 heavy (non-hydrogen) atoms. The number of aryl methyl sites for hydroxylation is 1. The van der Waals surface area contributed by atoms with Crippen LogP contribution in [0.3, 0.4) is 0 Å². The van der Waals surface area contributed by atoms with Gasteiger partial charge in [-0.1, -0.05) is 0 Å². The molecule has 0 spiro atoms. The van der Waals surface area contributed by atoms with E-state index in [1.807, 2.05) is 19.9 Å². The van der Waals surface area contributed by atoms with Gasteiger partial charge in [0.1, 0.15) is 5.82 Å². The summed E-state index contributed by atoms with van der Waals surface area (Å²) in [6.45, 7) is 5.75. The summed E-state index contributed by atoms with van der Waals surface area (Å²) in [6.07, 6.45) is 5.11. The molecule has 3 aromatic heterocycles. The van der Waals surface area contributed by atoms with E-state index in [4.69, 9.17) is 4.84 Å². The number of rotatable bonds is 3. The molecule has 0 aromatic carbocycles. The number of nitrogens with zero attached hydrogens (tertiary/aromatic N) is 4. The molecule has 4 rings (SSSR count). The molecule has 0 bridgehead atoms. The average Bonchev–Trinajstić information content (AvgIpc) is 3.10. The van der Waals surface area contributed by atoms with Gasteiger partial charge in [0.25, 0.3) is 0 Å². The topological polar surface area (TPSA) is 96.0 Å². The van der Waals surface area contributed by atoms with Crippen LogP contribution in [0.25, 0.3) is 21.9 Å². The summed E-state index contributed by atoms with van der Waals surface area (Å²) >= 11 is 0. The minimum absolute atomic E-state index is 0.211. The number of aromatic amines is 1. The lowest BCUT2D eigenvalue weighted by molar-refractivity contribution is -0.115. The monoisotopic (exact) mass is 354 g/mol. The van der Waals surface area contributed by atoms with Crippen molar-refractivity contribution in [2.45, 2.75) is 32.6 Å². The second kappa shape index (κ2) is 6.87. The van der Waals surface area contributed by atoms with Gasteiger partial charge in [-0.15, -0.1) is 5.06 Å². The Labute approximate surface area is 150 Å². The molecule has 1 atom stereocenters. The molecule has 0 saturated carbocycles. The lowest BCUT2D eigenvalue weighted by Gasteiger charge is -2.31. The van der Waals surface area contributed by atoms with Gasteiger partial charge < -0.3 is 15.1 Å². The van der Waals surface area contributed by atoms with Gasteiger partial charge in [0.2, 0.25) is 0 Å². The first kappa shape index (κ1) is 16.7. The number of hydrogen-bond acceptors (Lipinski definition) is 6.